The first-order valence-electron chi connectivity index (χ1n) is 5.12. The lowest BCUT2D eigenvalue weighted by molar-refractivity contribution is 0.204. The predicted molar refractivity (Wildman–Crippen MR) is 66.5 cm³/mol. The van der Waals surface area contributed by atoms with Crippen LogP contribution in [-0.4, -0.2) is 28.7 Å². The Morgan fingerprint density at radius 3 is 2.65 bits per heavy atom. The maximum absolute atomic E-state index is 11.5. The van der Waals surface area contributed by atoms with Gasteiger partial charge in [-0.1, -0.05) is 18.2 Å². The fourth-order valence-corrected chi connectivity index (χ4v) is 2.00. The number of anilines is 1. The molecule has 1 aromatic carbocycles. The summed E-state index contributed by atoms with van der Waals surface area (Å²) < 4.78 is 32.4. The number of rotatable bonds is 7. The topological polar surface area (TPSA) is 93.4 Å². The molecule has 0 amide bonds. The van der Waals surface area contributed by atoms with E-state index in [9.17, 15) is 8.42 Å². The molecule has 0 saturated heterocycles. The van der Waals surface area contributed by atoms with Crippen LogP contribution in [0.4, 0.5) is 5.69 Å². The van der Waals surface area contributed by atoms with Gasteiger partial charge in [0.15, 0.2) is 0 Å². The minimum Gasteiger partial charge on any atom is -0.398 e. The molecule has 0 aromatic heterocycles. The van der Waals surface area contributed by atoms with Crippen LogP contribution in [0.1, 0.15) is 5.56 Å². The van der Waals surface area contributed by atoms with Crippen LogP contribution < -0.4 is 15.2 Å². The van der Waals surface area contributed by atoms with E-state index in [1.165, 1.54) is 7.11 Å². The highest BCUT2D eigenvalue weighted by Crippen LogP contribution is 2.09. The van der Waals surface area contributed by atoms with E-state index in [2.05, 4.69) is 9.44 Å². The Morgan fingerprint density at radius 2 is 2.00 bits per heavy atom. The molecule has 0 radical (unpaired) electrons. The normalized spacial score (nSPS) is 11.6. The molecule has 0 unspecified atom stereocenters. The van der Waals surface area contributed by atoms with E-state index in [1.54, 1.807) is 24.3 Å². The third-order valence-corrected chi connectivity index (χ3v) is 3.21. The molecule has 0 spiro atoms. The zero-order valence-corrected chi connectivity index (χ0v) is 10.5. The number of methoxy groups -OCH3 is 1. The summed E-state index contributed by atoms with van der Waals surface area (Å²) in [6.45, 7) is 0.722. The molecular weight excluding hydrogens is 242 g/mol. The summed E-state index contributed by atoms with van der Waals surface area (Å²) in [5, 5.41) is 0. The summed E-state index contributed by atoms with van der Waals surface area (Å²) >= 11 is 0. The van der Waals surface area contributed by atoms with Crippen LogP contribution in [0.15, 0.2) is 24.3 Å². The first-order chi connectivity index (χ1) is 8.05. The summed E-state index contributed by atoms with van der Waals surface area (Å²) in [5.41, 5.74) is 7.00. The summed E-state index contributed by atoms with van der Waals surface area (Å²) in [7, 11) is -2.00. The quantitative estimate of drug-likeness (QED) is 0.468. The van der Waals surface area contributed by atoms with Crippen molar-refractivity contribution in [1.82, 2.24) is 9.44 Å². The zero-order valence-electron chi connectivity index (χ0n) is 9.64. The van der Waals surface area contributed by atoms with Crippen LogP contribution in [0.25, 0.3) is 0 Å². The van der Waals surface area contributed by atoms with Crippen molar-refractivity contribution in [1.29, 1.82) is 0 Å². The van der Waals surface area contributed by atoms with E-state index in [0.717, 1.165) is 5.56 Å². The number of nitrogens with one attached hydrogen (secondary N) is 2. The van der Waals surface area contributed by atoms with Gasteiger partial charge in [0, 0.05) is 25.9 Å². The molecule has 7 heteroatoms. The van der Waals surface area contributed by atoms with E-state index >= 15 is 0 Å². The van der Waals surface area contributed by atoms with Crippen LogP contribution in [0.2, 0.25) is 0 Å². The van der Waals surface area contributed by atoms with Crippen molar-refractivity contribution in [2.45, 2.75) is 6.54 Å². The van der Waals surface area contributed by atoms with Gasteiger partial charge in [-0.15, -0.1) is 0 Å². The molecule has 0 atom stereocenters. The van der Waals surface area contributed by atoms with Crippen molar-refractivity contribution in [3.8, 4) is 0 Å². The summed E-state index contributed by atoms with van der Waals surface area (Å²) in [6, 6.07) is 7.09. The molecular formula is C10H17N3O3S. The lowest BCUT2D eigenvalue weighted by Gasteiger charge is -2.09. The highest BCUT2D eigenvalue weighted by molar-refractivity contribution is 7.87. The molecule has 0 fully saturated rings. The van der Waals surface area contributed by atoms with Crippen molar-refractivity contribution in [3.63, 3.8) is 0 Å². The number of ether oxygens (including phenoxy) is 1. The van der Waals surface area contributed by atoms with Crippen LogP contribution in [-0.2, 0) is 21.5 Å². The van der Waals surface area contributed by atoms with Crippen molar-refractivity contribution in [2.75, 3.05) is 26.0 Å². The Hall–Kier alpha value is -1.15. The molecule has 0 aliphatic rings. The maximum Gasteiger partial charge on any atom is 0.277 e. The third kappa shape index (κ3) is 5.14. The number of nitrogen functional groups attached to an aromatic ring is 1. The molecule has 17 heavy (non-hydrogen) atoms. The maximum atomic E-state index is 11.5. The summed E-state index contributed by atoms with van der Waals surface area (Å²) in [4.78, 5) is 0. The van der Waals surface area contributed by atoms with Crippen LogP contribution in [0, 0.1) is 0 Å². The number of nitrogens with two attached hydrogens (primary N) is 1. The second-order valence-electron chi connectivity index (χ2n) is 3.41. The molecule has 0 aliphatic carbocycles. The van der Waals surface area contributed by atoms with Gasteiger partial charge >= 0.3 is 0 Å². The molecule has 1 rings (SSSR count). The number of hydrogen-bond donors (Lipinski definition) is 3. The predicted octanol–water partition coefficient (Wildman–Crippen LogP) is -0.161. The largest absolute Gasteiger partial charge is 0.398 e. The van der Waals surface area contributed by atoms with Gasteiger partial charge < -0.3 is 10.5 Å². The summed E-state index contributed by atoms with van der Waals surface area (Å²) in [6.07, 6.45) is 0. The Morgan fingerprint density at radius 1 is 1.29 bits per heavy atom. The molecule has 4 N–H and O–H groups in total. The fraction of sp³-hybridized carbons (Fsp3) is 0.400. The molecule has 1 aromatic rings. The van der Waals surface area contributed by atoms with E-state index in [0.29, 0.717) is 12.3 Å². The fourth-order valence-electron chi connectivity index (χ4n) is 1.20. The van der Waals surface area contributed by atoms with E-state index in [-0.39, 0.29) is 13.1 Å². The first-order valence-corrected chi connectivity index (χ1v) is 6.60. The average Bonchev–Trinajstić information content (AvgIpc) is 2.28. The highest BCUT2D eigenvalue weighted by atomic mass is 32.2. The van der Waals surface area contributed by atoms with Crippen molar-refractivity contribution < 1.29 is 13.2 Å². The number of benzene rings is 1. The van der Waals surface area contributed by atoms with Gasteiger partial charge in [0.2, 0.25) is 0 Å². The van der Waals surface area contributed by atoms with Gasteiger partial charge in [-0.2, -0.15) is 17.9 Å². The van der Waals surface area contributed by atoms with Gasteiger partial charge in [-0.3, -0.25) is 0 Å². The van der Waals surface area contributed by atoms with Crippen LogP contribution in [0.3, 0.4) is 0 Å². The summed E-state index contributed by atoms with van der Waals surface area (Å²) in [5.74, 6) is 0. The van der Waals surface area contributed by atoms with E-state index < -0.39 is 10.2 Å². The Bertz CT molecular complexity index is 448. The Balaban J connectivity index is 2.47. The highest BCUT2D eigenvalue weighted by Gasteiger charge is 2.08. The van der Waals surface area contributed by atoms with Gasteiger partial charge in [0.1, 0.15) is 0 Å². The second kappa shape index (κ2) is 6.55. The number of hydrogen-bond acceptors (Lipinski definition) is 4. The smallest absolute Gasteiger partial charge is 0.277 e. The molecule has 96 valence electrons. The standard InChI is InChI=1S/C10H17N3O3S/c1-16-7-6-12-17(14,15)13-8-9-4-2-3-5-10(9)11/h2-5,12-13H,6-8,11H2,1H3. The van der Waals surface area contributed by atoms with Gasteiger partial charge in [0.25, 0.3) is 10.2 Å². The first kappa shape index (κ1) is 13.9. The Kier molecular flexibility index (Phi) is 5.36. The van der Waals surface area contributed by atoms with Gasteiger partial charge in [-0.05, 0) is 11.6 Å². The van der Waals surface area contributed by atoms with E-state index in [4.69, 9.17) is 10.5 Å². The molecule has 6 nitrogen and oxygen atoms in total. The van der Waals surface area contributed by atoms with Gasteiger partial charge in [0.05, 0.1) is 6.61 Å². The molecule has 0 heterocycles. The monoisotopic (exact) mass is 259 g/mol. The molecule has 0 saturated carbocycles. The minimum atomic E-state index is -3.50. The molecule has 0 aliphatic heterocycles. The lowest BCUT2D eigenvalue weighted by atomic mass is 10.2. The number of para-hydroxylation sites is 1. The van der Waals surface area contributed by atoms with Crippen molar-refractivity contribution >= 4 is 15.9 Å². The van der Waals surface area contributed by atoms with Crippen molar-refractivity contribution in [3.05, 3.63) is 29.8 Å². The second-order valence-corrected chi connectivity index (χ2v) is 4.99. The van der Waals surface area contributed by atoms with E-state index in [1.807, 2.05) is 0 Å². The lowest BCUT2D eigenvalue weighted by Crippen LogP contribution is -2.37. The average molecular weight is 259 g/mol. The van der Waals surface area contributed by atoms with Crippen LogP contribution in [0.5, 0.6) is 0 Å². The SMILES string of the molecule is COCCNS(=O)(=O)NCc1ccccc1N. The molecule has 0 bridgehead atoms. The minimum absolute atomic E-state index is 0.162. The van der Waals surface area contributed by atoms with Gasteiger partial charge in [-0.25, -0.2) is 0 Å². The Labute approximate surface area is 101 Å². The van der Waals surface area contributed by atoms with Crippen LogP contribution >= 0.6 is 0 Å². The third-order valence-electron chi connectivity index (χ3n) is 2.11. The zero-order chi connectivity index (χ0) is 12.7. The van der Waals surface area contributed by atoms with Crippen molar-refractivity contribution in [2.24, 2.45) is 0 Å².